The number of ether oxygens (including phenoxy) is 1. The highest BCUT2D eigenvalue weighted by Gasteiger charge is 2.11. The molecular weight excluding hydrogens is 240 g/mol. The summed E-state index contributed by atoms with van der Waals surface area (Å²) < 4.78 is 5.16. The lowest BCUT2D eigenvalue weighted by molar-refractivity contribution is -0.130. The fraction of sp³-hybridized carbons (Fsp3) is 0.533. The molecule has 0 aliphatic rings. The van der Waals surface area contributed by atoms with Crippen LogP contribution in [-0.2, 0) is 22.7 Å². The van der Waals surface area contributed by atoms with E-state index in [1.54, 1.807) is 12.0 Å². The van der Waals surface area contributed by atoms with Gasteiger partial charge in [-0.15, -0.1) is 0 Å². The van der Waals surface area contributed by atoms with E-state index in [-0.39, 0.29) is 11.9 Å². The van der Waals surface area contributed by atoms with Crippen molar-refractivity contribution in [2.75, 3.05) is 20.7 Å². The zero-order chi connectivity index (χ0) is 14.3. The molecule has 0 aromatic heterocycles. The third-order valence-electron chi connectivity index (χ3n) is 3.18. The number of methoxy groups -OCH3 is 1. The second-order valence-electron chi connectivity index (χ2n) is 4.90. The van der Waals surface area contributed by atoms with E-state index >= 15 is 0 Å². The summed E-state index contributed by atoms with van der Waals surface area (Å²) in [5.41, 5.74) is 2.33. The second kappa shape index (κ2) is 7.92. The largest absolute Gasteiger partial charge is 0.380 e. The fourth-order valence-corrected chi connectivity index (χ4v) is 1.74. The minimum absolute atomic E-state index is 0.110. The molecule has 1 aromatic rings. The molecule has 0 spiro atoms. The van der Waals surface area contributed by atoms with Crippen molar-refractivity contribution >= 4 is 5.91 Å². The summed E-state index contributed by atoms with van der Waals surface area (Å²) >= 11 is 0. The summed E-state index contributed by atoms with van der Waals surface area (Å²) in [6.45, 7) is 5.64. The molecule has 0 fully saturated rings. The molecule has 1 N–H and O–H groups in total. The van der Waals surface area contributed by atoms with Gasteiger partial charge in [-0.3, -0.25) is 4.79 Å². The van der Waals surface area contributed by atoms with E-state index in [1.807, 2.05) is 39.1 Å². The zero-order valence-electron chi connectivity index (χ0n) is 12.3. The summed E-state index contributed by atoms with van der Waals surface area (Å²) in [7, 11) is 3.51. The minimum atomic E-state index is 0.110. The molecule has 0 aliphatic heterocycles. The summed E-state index contributed by atoms with van der Waals surface area (Å²) in [6.07, 6.45) is 0. The summed E-state index contributed by atoms with van der Waals surface area (Å²) in [6, 6.07) is 8.32. The van der Waals surface area contributed by atoms with Crippen molar-refractivity contribution in [3.8, 4) is 0 Å². The number of benzene rings is 1. The van der Waals surface area contributed by atoms with Crippen molar-refractivity contribution in [3.05, 3.63) is 35.4 Å². The van der Waals surface area contributed by atoms with Crippen LogP contribution in [0.25, 0.3) is 0 Å². The molecule has 0 saturated carbocycles. The molecule has 19 heavy (non-hydrogen) atoms. The number of nitrogens with one attached hydrogen (secondary N) is 1. The number of nitrogens with zero attached hydrogens (tertiary/aromatic N) is 1. The van der Waals surface area contributed by atoms with Crippen LogP contribution in [0, 0.1) is 0 Å². The highest BCUT2D eigenvalue weighted by Crippen LogP contribution is 2.09. The van der Waals surface area contributed by atoms with Gasteiger partial charge < -0.3 is 15.0 Å². The maximum Gasteiger partial charge on any atom is 0.236 e. The molecule has 0 unspecified atom stereocenters. The number of hydrogen-bond donors (Lipinski definition) is 1. The predicted molar refractivity (Wildman–Crippen MR) is 76.8 cm³/mol. The predicted octanol–water partition coefficient (Wildman–Crippen LogP) is 1.79. The topological polar surface area (TPSA) is 41.6 Å². The molecule has 0 saturated heterocycles. The van der Waals surface area contributed by atoms with E-state index in [0.717, 1.165) is 5.56 Å². The first kappa shape index (κ1) is 15.7. The van der Waals surface area contributed by atoms with Crippen molar-refractivity contribution in [1.29, 1.82) is 0 Å². The molecule has 0 aliphatic carbocycles. The van der Waals surface area contributed by atoms with Gasteiger partial charge in [-0.1, -0.05) is 24.3 Å². The van der Waals surface area contributed by atoms with Crippen LogP contribution in [0.1, 0.15) is 25.0 Å². The lowest BCUT2D eigenvalue weighted by Gasteiger charge is -2.21. The Kier molecular flexibility index (Phi) is 6.53. The van der Waals surface area contributed by atoms with Gasteiger partial charge in [0, 0.05) is 26.7 Å². The van der Waals surface area contributed by atoms with Gasteiger partial charge >= 0.3 is 0 Å². The van der Waals surface area contributed by atoms with Crippen molar-refractivity contribution in [2.45, 2.75) is 33.0 Å². The van der Waals surface area contributed by atoms with E-state index in [1.165, 1.54) is 5.56 Å². The van der Waals surface area contributed by atoms with Crippen LogP contribution in [0.15, 0.2) is 24.3 Å². The number of carbonyl (C=O) groups is 1. The van der Waals surface area contributed by atoms with Gasteiger partial charge in [-0.25, -0.2) is 0 Å². The quantitative estimate of drug-likeness (QED) is 0.816. The van der Waals surface area contributed by atoms with E-state index < -0.39 is 0 Å². The molecule has 4 heteroatoms. The van der Waals surface area contributed by atoms with Gasteiger partial charge in [0.05, 0.1) is 13.2 Å². The Morgan fingerprint density at radius 1 is 1.32 bits per heavy atom. The maximum atomic E-state index is 11.8. The standard InChI is InChI=1S/C15H24N2O2/c1-12(2)17(3)15(18)10-16-9-13-7-5-6-8-14(13)11-19-4/h5-8,12,16H,9-11H2,1-4H3. The lowest BCUT2D eigenvalue weighted by atomic mass is 10.1. The van der Waals surface area contributed by atoms with E-state index in [9.17, 15) is 4.79 Å². The van der Waals surface area contributed by atoms with E-state index in [2.05, 4.69) is 11.4 Å². The smallest absolute Gasteiger partial charge is 0.236 e. The number of amides is 1. The molecule has 1 amide bonds. The number of rotatable bonds is 7. The van der Waals surface area contributed by atoms with Crippen LogP contribution in [0.2, 0.25) is 0 Å². The molecule has 0 heterocycles. The molecule has 0 radical (unpaired) electrons. The summed E-state index contributed by atoms with van der Waals surface area (Å²) in [4.78, 5) is 13.6. The molecule has 0 bridgehead atoms. The molecular formula is C15H24N2O2. The van der Waals surface area contributed by atoms with Crippen LogP contribution < -0.4 is 5.32 Å². The molecule has 1 aromatic carbocycles. The first-order chi connectivity index (χ1) is 9.06. The fourth-order valence-electron chi connectivity index (χ4n) is 1.74. The van der Waals surface area contributed by atoms with Crippen LogP contribution >= 0.6 is 0 Å². The Balaban J connectivity index is 2.47. The van der Waals surface area contributed by atoms with Gasteiger partial charge in [0.15, 0.2) is 0 Å². The maximum absolute atomic E-state index is 11.8. The van der Waals surface area contributed by atoms with Crippen molar-refractivity contribution in [1.82, 2.24) is 10.2 Å². The normalized spacial score (nSPS) is 10.8. The molecule has 0 atom stereocenters. The van der Waals surface area contributed by atoms with Gasteiger partial charge in [0.25, 0.3) is 0 Å². The van der Waals surface area contributed by atoms with Gasteiger partial charge in [0.2, 0.25) is 5.91 Å². The van der Waals surface area contributed by atoms with E-state index in [0.29, 0.717) is 19.7 Å². The average molecular weight is 264 g/mol. The Morgan fingerprint density at radius 2 is 1.95 bits per heavy atom. The Hall–Kier alpha value is -1.39. The first-order valence-corrected chi connectivity index (χ1v) is 6.58. The summed E-state index contributed by atoms with van der Waals surface area (Å²) in [5.74, 6) is 0.110. The molecule has 4 nitrogen and oxygen atoms in total. The third-order valence-corrected chi connectivity index (χ3v) is 3.18. The first-order valence-electron chi connectivity index (χ1n) is 6.58. The van der Waals surface area contributed by atoms with Gasteiger partial charge in [0.1, 0.15) is 0 Å². The van der Waals surface area contributed by atoms with Crippen LogP contribution in [0.5, 0.6) is 0 Å². The van der Waals surface area contributed by atoms with Crippen molar-refractivity contribution in [3.63, 3.8) is 0 Å². The lowest BCUT2D eigenvalue weighted by Crippen LogP contribution is -2.39. The van der Waals surface area contributed by atoms with Crippen LogP contribution in [-0.4, -0.2) is 37.6 Å². The van der Waals surface area contributed by atoms with Gasteiger partial charge in [-0.2, -0.15) is 0 Å². The van der Waals surface area contributed by atoms with Crippen molar-refractivity contribution in [2.24, 2.45) is 0 Å². The minimum Gasteiger partial charge on any atom is -0.380 e. The highest BCUT2D eigenvalue weighted by atomic mass is 16.5. The Morgan fingerprint density at radius 3 is 2.53 bits per heavy atom. The SMILES string of the molecule is COCc1ccccc1CNCC(=O)N(C)C(C)C. The summed E-state index contributed by atoms with van der Waals surface area (Å²) in [5, 5.41) is 3.19. The van der Waals surface area contributed by atoms with Crippen LogP contribution in [0.3, 0.4) is 0 Å². The number of carbonyl (C=O) groups excluding carboxylic acids is 1. The monoisotopic (exact) mass is 264 g/mol. The van der Waals surface area contributed by atoms with Crippen molar-refractivity contribution < 1.29 is 9.53 Å². The Bertz CT molecular complexity index is 405. The Labute approximate surface area is 115 Å². The van der Waals surface area contributed by atoms with Crippen LogP contribution in [0.4, 0.5) is 0 Å². The second-order valence-corrected chi connectivity index (χ2v) is 4.90. The van der Waals surface area contributed by atoms with E-state index in [4.69, 9.17) is 4.74 Å². The number of hydrogen-bond acceptors (Lipinski definition) is 3. The number of likely N-dealkylation sites (N-methyl/N-ethyl adjacent to an activating group) is 1. The van der Waals surface area contributed by atoms with Gasteiger partial charge in [-0.05, 0) is 25.0 Å². The third kappa shape index (κ3) is 5.01. The zero-order valence-corrected chi connectivity index (χ0v) is 12.3. The molecule has 106 valence electrons. The molecule has 1 rings (SSSR count). The highest BCUT2D eigenvalue weighted by molar-refractivity contribution is 5.78. The average Bonchev–Trinajstić information content (AvgIpc) is 2.39.